The first-order chi connectivity index (χ1) is 8.49. The summed E-state index contributed by atoms with van der Waals surface area (Å²) in [4.78, 5) is 0.356. The maximum absolute atomic E-state index is 12.2. The lowest BCUT2D eigenvalue weighted by Crippen LogP contribution is -2.02. The fourth-order valence-electron chi connectivity index (χ4n) is 1.41. The summed E-state index contributed by atoms with van der Waals surface area (Å²) in [6.07, 6.45) is 0. The normalized spacial score (nSPS) is 10.9. The van der Waals surface area contributed by atoms with Crippen LogP contribution in [0.5, 0.6) is 11.5 Å². The van der Waals surface area contributed by atoms with E-state index in [0.717, 1.165) is 0 Å². The molecule has 94 valence electrons. The highest BCUT2D eigenvalue weighted by molar-refractivity contribution is 7.91. The molecule has 2 aromatic rings. The van der Waals surface area contributed by atoms with E-state index in [9.17, 15) is 14.8 Å². The molecule has 0 saturated heterocycles. The quantitative estimate of drug-likeness (QED) is 0.834. The van der Waals surface area contributed by atoms with Crippen molar-refractivity contribution in [2.75, 3.05) is 0 Å². The van der Waals surface area contributed by atoms with Crippen molar-refractivity contribution in [3.8, 4) is 11.5 Å². The number of phenolic OH excluding ortho intramolecular Hbond substituents is 2. The molecule has 0 bridgehead atoms. The smallest absolute Gasteiger partial charge is 0.200 e. The van der Waals surface area contributed by atoms with Gasteiger partial charge in [-0.3, -0.25) is 0 Å². The molecular formula is C12H8Cl2O3S. The molecule has 0 fully saturated rings. The Labute approximate surface area is 117 Å². The molecule has 0 aliphatic rings. The van der Waals surface area contributed by atoms with Gasteiger partial charge in [0.15, 0.2) is 21.3 Å². The molecule has 3 nitrogen and oxygen atoms in total. The van der Waals surface area contributed by atoms with E-state index in [0.29, 0.717) is 10.0 Å². The Bertz CT molecular complexity index is 538. The zero-order chi connectivity index (χ0) is 13.3. The second kappa shape index (κ2) is 5.28. The fraction of sp³-hybridized carbons (Fsp3) is 0. The van der Waals surface area contributed by atoms with Crippen molar-refractivity contribution in [2.45, 2.75) is 9.79 Å². The first-order valence-corrected chi connectivity index (χ1v) is 6.78. The predicted molar refractivity (Wildman–Crippen MR) is 70.9 cm³/mol. The highest BCUT2D eigenvalue weighted by atomic mass is 35.5. The van der Waals surface area contributed by atoms with Gasteiger partial charge in [0.05, 0.1) is 0 Å². The SMILES string of the molecule is [O-][S+](c1ccc(Cl)cc1O)c1ccc(Cl)cc1O. The second-order valence-electron chi connectivity index (χ2n) is 3.49. The van der Waals surface area contributed by atoms with Crippen LogP contribution in [0.15, 0.2) is 46.2 Å². The van der Waals surface area contributed by atoms with E-state index >= 15 is 0 Å². The highest BCUT2D eigenvalue weighted by Gasteiger charge is 2.23. The fourth-order valence-corrected chi connectivity index (χ4v) is 2.86. The zero-order valence-corrected chi connectivity index (χ0v) is 11.3. The number of hydrogen-bond donors (Lipinski definition) is 2. The van der Waals surface area contributed by atoms with Crippen molar-refractivity contribution in [1.29, 1.82) is 0 Å². The van der Waals surface area contributed by atoms with Crippen LogP contribution in [0.3, 0.4) is 0 Å². The van der Waals surface area contributed by atoms with Gasteiger partial charge in [-0.05, 0) is 24.3 Å². The lowest BCUT2D eigenvalue weighted by atomic mass is 10.3. The Morgan fingerprint density at radius 1 is 0.833 bits per heavy atom. The largest absolute Gasteiger partial charge is 0.606 e. The van der Waals surface area contributed by atoms with Gasteiger partial charge in [-0.2, -0.15) is 0 Å². The van der Waals surface area contributed by atoms with Gasteiger partial charge in [0, 0.05) is 33.4 Å². The van der Waals surface area contributed by atoms with Crippen LogP contribution < -0.4 is 0 Å². The van der Waals surface area contributed by atoms with Crippen LogP contribution >= 0.6 is 23.2 Å². The van der Waals surface area contributed by atoms with Gasteiger partial charge >= 0.3 is 0 Å². The van der Waals surface area contributed by atoms with E-state index in [-0.39, 0.29) is 21.3 Å². The minimum absolute atomic E-state index is 0.178. The van der Waals surface area contributed by atoms with Crippen molar-refractivity contribution in [2.24, 2.45) is 0 Å². The summed E-state index contributed by atoms with van der Waals surface area (Å²) in [7, 11) is 0. The van der Waals surface area contributed by atoms with Crippen LogP contribution in [0, 0.1) is 0 Å². The third-order valence-corrected chi connectivity index (χ3v) is 4.20. The third kappa shape index (κ3) is 2.67. The molecule has 0 aliphatic heterocycles. The summed E-state index contributed by atoms with van der Waals surface area (Å²) in [5, 5.41) is 20.0. The van der Waals surface area contributed by atoms with E-state index in [1.807, 2.05) is 0 Å². The van der Waals surface area contributed by atoms with Crippen LogP contribution in [0.25, 0.3) is 0 Å². The molecule has 0 heterocycles. The molecular weight excluding hydrogens is 295 g/mol. The average Bonchev–Trinajstić information content (AvgIpc) is 2.28. The lowest BCUT2D eigenvalue weighted by molar-refractivity contribution is 0.453. The van der Waals surface area contributed by atoms with Gasteiger partial charge in [0.25, 0.3) is 0 Å². The molecule has 0 saturated carbocycles. The van der Waals surface area contributed by atoms with Crippen molar-refractivity contribution in [3.05, 3.63) is 46.4 Å². The average molecular weight is 303 g/mol. The van der Waals surface area contributed by atoms with E-state index in [1.165, 1.54) is 36.4 Å². The van der Waals surface area contributed by atoms with Crippen LogP contribution in [0.4, 0.5) is 0 Å². The number of rotatable bonds is 2. The Kier molecular flexibility index (Phi) is 3.92. The predicted octanol–water partition coefficient (Wildman–Crippen LogP) is 3.57. The summed E-state index contributed by atoms with van der Waals surface area (Å²) in [5.41, 5.74) is 0. The third-order valence-electron chi connectivity index (χ3n) is 2.24. The minimum Gasteiger partial charge on any atom is -0.606 e. The van der Waals surface area contributed by atoms with E-state index in [4.69, 9.17) is 23.2 Å². The van der Waals surface area contributed by atoms with Gasteiger partial charge in [-0.25, -0.2) is 0 Å². The standard InChI is InChI=1S/C12H8Cl2O3S/c13-7-1-3-11(9(15)5-7)18(17)12-4-2-8(14)6-10(12)16/h1-6,15-16H. The van der Waals surface area contributed by atoms with Gasteiger partial charge in [-0.15, -0.1) is 0 Å². The molecule has 2 rings (SSSR count). The number of halogens is 2. The van der Waals surface area contributed by atoms with Crippen molar-refractivity contribution < 1.29 is 14.8 Å². The van der Waals surface area contributed by atoms with Gasteiger partial charge in [0.1, 0.15) is 0 Å². The Morgan fingerprint density at radius 2 is 1.22 bits per heavy atom. The van der Waals surface area contributed by atoms with Crippen molar-refractivity contribution in [3.63, 3.8) is 0 Å². The molecule has 0 atom stereocenters. The minimum atomic E-state index is -1.70. The zero-order valence-electron chi connectivity index (χ0n) is 8.93. The summed E-state index contributed by atoms with van der Waals surface area (Å²) >= 11 is 9.68. The molecule has 6 heteroatoms. The van der Waals surface area contributed by atoms with Crippen molar-refractivity contribution in [1.82, 2.24) is 0 Å². The highest BCUT2D eigenvalue weighted by Crippen LogP contribution is 2.35. The van der Waals surface area contributed by atoms with Crippen LogP contribution in [0.2, 0.25) is 10.0 Å². The molecule has 0 unspecified atom stereocenters. The van der Waals surface area contributed by atoms with Crippen LogP contribution in [-0.2, 0) is 11.2 Å². The van der Waals surface area contributed by atoms with Gasteiger partial charge < -0.3 is 14.8 Å². The Hall–Kier alpha value is -1.07. The molecule has 0 amide bonds. The maximum atomic E-state index is 12.2. The molecule has 0 aromatic heterocycles. The number of aromatic hydroxyl groups is 2. The topological polar surface area (TPSA) is 63.5 Å². The lowest BCUT2D eigenvalue weighted by Gasteiger charge is -2.12. The number of hydrogen-bond acceptors (Lipinski definition) is 3. The molecule has 18 heavy (non-hydrogen) atoms. The first kappa shape index (κ1) is 13.4. The Morgan fingerprint density at radius 3 is 1.56 bits per heavy atom. The monoisotopic (exact) mass is 302 g/mol. The molecule has 0 radical (unpaired) electrons. The number of phenols is 2. The summed E-state index contributed by atoms with van der Waals surface area (Å²) in [6, 6.07) is 8.51. The second-order valence-corrected chi connectivity index (χ2v) is 5.78. The van der Waals surface area contributed by atoms with Gasteiger partial charge in [0.2, 0.25) is 0 Å². The first-order valence-electron chi connectivity index (χ1n) is 4.88. The van der Waals surface area contributed by atoms with E-state index in [1.54, 1.807) is 0 Å². The summed E-state index contributed by atoms with van der Waals surface area (Å²) < 4.78 is 12.2. The van der Waals surface area contributed by atoms with E-state index < -0.39 is 11.2 Å². The molecule has 2 aromatic carbocycles. The van der Waals surface area contributed by atoms with Gasteiger partial charge in [-0.1, -0.05) is 23.2 Å². The van der Waals surface area contributed by atoms with E-state index in [2.05, 4.69) is 0 Å². The molecule has 0 spiro atoms. The summed E-state index contributed by atoms with van der Waals surface area (Å²) in [5.74, 6) is -0.370. The van der Waals surface area contributed by atoms with Crippen LogP contribution in [0.1, 0.15) is 0 Å². The maximum Gasteiger partial charge on any atom is 0.200 e. The van der Waals surface area contributed by atoms with Crippen LogP contribution in [-0.4, -0.2) is 14.8 Å². The summed E-state index contributed by atoms with van der Waals surface area (Å²) in [6.45, 7) is 0. The molecule has 0 aliphatic carbocycles. The molecule has 2 N–H and O–H groups in total. The Balaban J connectivity index is 2.44. The van der Waals surface area contributed by atoms with Crippen molar-refractivity contribution >= 4 is 34.4 Å². The number of benzene rings is 2.